The van der Waals surface area contributed by atoms with Crippen LogP contribution in [-0.2, 0) is 4.79 Å². The number of nitrogens with one attached hydrogen (secondary N) is 2. The van der Waals surface area contributed by atoms with Crippen LogP contribution in [0.1, 0.15) is 39.0 Å². The second kappa shape index (κ2) is 9.73. The molecule has 0 heterocycles. The third kappa shape index (κ3) is 6.60. The normalized spacial score (nSPS) is 10.0. The monoisotopic (exact) mass is 339 g/mol. The van der Waals surface area contributed by atoms with E-state index >= 15 is 0 Å². The van der Waals surface area contributed by atoms with E-state index < -0.39 is 4.92 Å². The Morgan fingerprint density at radius 2 is 2.09 bits per heavy atom. The number of nitro benzene ring substituents is 1. The van der Waals surface area contributed by atoms with Crippen molar-refractivity contribution in [3.63, 3.8) is 0 Å². The molecule has 0 atom stereocenters. The minimum Gasteiger partial charge on any atom is -0.494 e. The van der Waals surface area contributed by atoms with Crippen LogP contribution in [0.5, 0.6) is 5.75 Å². The van der Waals surface area contributed by atoms with Gasteiger partial charge in [-0.2, -0.15) is 0 Å². The molecule has 1 aromatic rings. The number of ether oxygens (including phenoxy) is 1. The van der Waals surface area contributed by atoms with Crippen LogP contribution in [-0.4, -0.2) is 23.1 Å². The molecule has 0 aliphatic rings. The fraction of sp³-hybridized carbons (Fsp3) is 0.467. The molecular formula is C15H21N3O4S. The Morgan fingerprint density at radius 1 is 1.35 bits per heavy atom. The number of anilines is 1. The van der Waals surface area contributed by atoms with Gasteiger partial charge in [0.1, 0.15) is 5.75 Å². The highest BCUT2D eigenvalue weighted by atomic mass is 32.1. The lowest BCUT2D eigenvalue weighted by Gasteiger charge is -2.12. The quantitative estimate of drug-likeness (QED) is 0.326. The predicted octanol–water partition coefficient (Wildman–Crippen LogP) is 3.39. The molecule has 2 N–H and O–H groups in total. The number of hydrogen-bond acceptors (Lipinski definition) is 5. The lowest BCUT2D eigenvalue weighted by molar-refractivity contribution is -0.384. The number of amides is 1. The van der Waals surface area contributed by atoms with Gasteiger partial charge in [0.2, 0.25) is 5.91 Å². The molecule has 0 unspecified atom stereocenters. The molecule has 7 nitrogen and oxygen atoms in total. The third-order valence-corrected chi connectivity index (χ3v) is 3.36. The maximum Gasteiger partial charge on any atom is 0.273 e. The van der Waals surface area contributed by atoms with Gasteiger partial charge in [0.15, 0.2) is 5.11 Å². The first-order valence-corrected chi connectivity index (χ1v) is 7.82. The van der Waals surface area contributed by atoms with E-state index in [1.54, 1.807) is 0 Å². The molecule has 0 saturated heterocycles. The molecule has 0 radical (unpaired) electrons. The van der Waals surface area contributed by atoms with Gasteiger partial charge in [-0.05, 0) is 24.7 Å². The van der Waals surface area contributed by atoms with Crippen molar-refractivity contribution in [2.45, 2.75) is 39.0 Å². The molecule has 0 aromatic heterocycles. The van der Waals surface area contributed by atoms with Crippen molar-refractivity contribution < 1.29 is 14.5 Å². The van der Waals surface area contributed by atoms with Crippen LogP contribution in [0.3, 0.4) is 0 Å². The zero-order valence-electron chi connectivity index (χ0n) is 13.3. The van der Waals surface area contributed by atoms with E-state index in [1.807, 2.05) is 0 Å². The van der Waals surface area contributed by atoms with E-state index in [-0.39, 0.29) is 22.5 Å². The zero-order valence-corrected chi connectivity index (χ0v) is 14.1. The number of carbonyl (C=O) groups is 1. The average Bonchev–Trinajstić information content (AvgIpc) is 2.51. The highest BCUT2D eigenvalue weighted by molar-refractivity contribution is 7.80. The molecule has 0 saturated carbocycles. The van der Waals surface area contributed by atoms with Crippen LogP contribution in [0, 0.1) is 10.1 Å². The average molecular weight is 339 g/mol. The minimum atomic E-state index is -0.511. The Morgan fingerprint density at radius 3 is 2.70 bits per heavy atom. The number of hydrogen-bond donors (Lipinski definition) is 2. The summed E-state index contributed by atoms with van der Waals surface area (Å²) < 4.78 is 5.09. The van der Waals surface area contributed by atoms with E-state index in [1.165, 1.54) is 25.3 Å². The van der Waals surface area contributed by atoms with Crippen molar-refractivity contribution in [1.29, 1.82) is 0 Å². The number of methoxy groups -OCH3 is 1. The maximum absolute atomic E-state index is 11.7. The Kier molecular flexibility index (Phi) is 7.96. The predicted molar refractivity (Wildman–Crippen MR) is 92.8 cm³/mol. The van der Waals surface area contributed by atoms with Crippen molar-refractivity contribution in [3.8, 4) is 5.75 Å². The second-order valence-electron chi connectivity index (χ2n) is 4.95. The number of benzene rings is 1. The standard InChI is InChI=1S/C15H21N3O4S/c1-3-4-5-6-7-14(19)17-15(23)16-12-9-8-11(18(20)21)10-13(12)22-2/h8-10H,3-7H2,1-2H3,(H2,16,17,19,23). The summed E-state index contributed by atoms with van der Waals surface area (Å²) in [6, 6.07) is 4.11. The van der Waals surface area contributed by atoms with Crippen molar-refractivity contribution in [2.75, 3.05) is 12.4 Å². The Bertz CT molecular complexity index is 578. The number of carbonyl (C=O) groups excluding carboxylic acids is 1. The van der Waals surface area contributed by atoms with Gasteiger partial charge in [-0.3, -0.25) is 14.9 Å². The van der Waals surface area contributed by atoms with Gasteiger partial charge in [-0.1, -0.05) is 26.2 Å². The van der Waals surface area contributed by atoms with E-state index in [2.05, 4.69) is 17.6 Å². The van der Waals surface area contributed by atoms with E-state index in [9.17, 15) is 14.9 Å². The first kappa shape index (κ1) is 18.8. The molecule has 23 heavy (non-hydrogen) atoms. The summed E-state index contributed by atoms with van der Waals surface area (Å²) in [5.74, 6) is 0.123. The molecule has 0 aliphatic heterocycles. The zero-order chi connectivity index (χ0) is 17.2. The van der Waals surface area contributed by atoms with Crippen LogP contribution in [0.4, 0.5) is 11.4 Å². The number of rotatable bonds is 8. The van der Waals surface area contributed by atoms with Crippen molar-refractivity contribution >= 4 is 34.6 Å². The van der Waals surface area contributed by atoms with Gasteiger partial charge in [0.05, 0.1) is 23.8 Å². The Hall–Kier alpha value is -2.22. The Labute approximate surface area is 140 Å². The van der Waals surface area contributed by atoms with Crippen molar-refractivity contribution in [2.24, 2.45) is 0 Å². The van der Waals surface area contributed by atoms with Crippen molar-refractivity contribution in [3.05, 3.63) is 28.3 Å². The highest BCUT2D eigenvalue weighted by Crippen LogP contribution is 2.28. The minimum absolute atomic E-state index is 0.0849. The molecule has 0 spiro atoms. The Balaban J connectivity index is 2.56. The first-order chi connectivity index (χ1) is 11.0. The summed E-state index contributed by atoms with van der Waals surface area (Å²) in [4.78, 5) is 22.0. The number of nitrogens with zero attached hydrogens (tertiary/aromatic N) is 1. The van der Waals surface area contributed by atoms with E-state index in [0.29, 0.717) is 12.1 Å². The van der Waals surface area contributed by atoms with E-state index in [0.717, 1.165) is 25.7 Å². The lowest BCUT2D eigenvalue weighted by Crippen LogP contribution is -2.34. The number of non-ortho nitro benzene ring substituents is 1. The van der Waals surface area contributed by atoms with Crippen LogP contribution in [0.2, 0.25) is 0 Å². The topological polar surface area (TPSA) is 93.5 Å². The molecule has 8 heteroatoms. The molecule has 0 fully saturated rings. The number of thiocarbonyl (C=S) groups is 1. The fourth-order valence-electron chi connectivity index (χ4n) is 1.95. The van der Waals surface area contributed by atoms with Gasteiger partial charge < -0.3 is 15.4 Å². The van der Waals surface area contributed by atoms with Gasteiger partial charge in [-0.25, -0.2) is 0 Å². The summed E-state index contributed by atoms with van der Waals surface area (Å²) in [5, 5.41) is 16.3. The molecule has 1 rings (SSSR count). The molecular weight excluding hydrogens is 318 g/mol. The molecule has 1 amide bonds. The van der Waals surface area contributed by atoms with Gasteiger partial charge in [0.25, 0.3) is 5.69 Å². The second-order valence-corrected chi connectivity index (χ2v) is 5.36. The van der Waals surface area contributed by atoms with Crippen LogP contribution in [0.15, 0.2) is 18.2 Å². The first-order valence-electron chi connectivity index (χ1n) is 7.41. The number of nitro groups is 1. The molecule has 1 aromatic carbocycles. The van der Waals surface area contributed by atoms with Crippen LogP contribution >= 0.6 is 12.2 Å². The number of unbranched alkanes of at least 4 members (excludes halogenated alkanes) is 3. The lowest BCUT2D eigenvalue weighted by atomic mass is 10.1. The van der Waals surface area contributed by atoms with E-state index in [4.69, 9.17) is 17.0 Å². The summed E-state index contributed by atoms with van der Waals surface area (Å²) in [6.07, 6.45) is 4.47. The largest absolute Gasteiger partial charge is 0.494 e. The summed E-state index contributed by atoms with van der Waals surface area (Å²) >= 11 is 5.07. The summed E-state index contributed by atoms with van der Waals surface area (Å²) in [7, 11) is 1.40. The summed E-state index contributed by atoms with van der Waals surface area (Å²) in [6.45, 7) is 2.11. The molecule has 0 bridgehead atoms. The fourth-order valence-corrected chi connectivity index (χ4v) is 2.18. The summed E-state index contributed by atoms with van der Waals surface area (Å²) in [5.41, 5.74) is 0.368. The highest BCUT2D eigenvalue weighted by Gasteiger charge is 2.13. The maximum atomic E-state index is 11.7. The van der Waals surface area contributed by atoms with Gasteiger partial charge in [-0.15, -0.1) is 0 Å². The van der Waals surface area contributed by atoms with Crippen LogP contribution in [0.25, 0.3) is 0 Å². The molecule has 126 valence electrons. The SMILES string of the molecule is CCCCCCC(=O)NC(=S)Nc1ccc([N+](=O)[O-])cc1OC. The van der Waals surface area contributed by atoms with Crippen LogP contribution < -0.4 is 15.4 Å². The van der Waals surface area contributed by atoms with Crippen molar-refractivity contribution in [1.82, 2.24) is 5.32 Å². The molecule has 0 aliphatic carbocycles. The van der Waals surface area contributed by atoms with Gasteiger partial charge >= 0.3 is 0 Å². The third-order valence-electron chi connectivity index (χ3n) is 3.15. The smallest absolute Gasteiger partial charge is 0.273 e. The van der Waals surface area contributed by atoms with Gasteiger partial charge in [0, 0.05) is 12.5 Å².